The average Bonchev–Trinajstić information content (AvgIpc) is 3.06. The smallest absolute Gasteiger partial charge is 0.271 e. The first-order chi connectivity index (χ1) is 14.9. The van der Waals surface area contributed by atoms with E-state index in [0.29, 0.717) is 22.4 Å². The molecule has 1 amide bonds. The molecule has 6 nitrogen and oxygen atoms in total. The molecule has 2 aromatic carbocycles. The zero-order chi connectivity index (χ0) is 22.4. The lowest BCUT2D eigenvalue weighted by atomic mass is 10.1. The van der Waals surface area contributed by atoms with E-state index in [2.05, 4.69) is 34.5 Å². The van der Waals surface area contributed by atoms with Gasteiger partial charge in [0.25, 0.3) is 5.91 Å². The summed E-state index contributed by atoms with van der Waals surface area (Å²) in [5.74, 6) is 0.531. The maximum atomic E-state index is 13.3. The Hall–Kier alpha value is -1.88. The van der Waals surface area contributed by atoms with Crippen LogP contribution in [0.15, 0.2) is 52.4 Å². The standard InChI is InChI=1S/C23H25IN2O4S/c1-3-10-25-23-26(19-7-5-4-6-15(19)2)22(29)21(31-23)12-16-8-9-20(18(24)11-16)30-14-17(28)13-27/h4-9,11-12,17,27-28H,3,10,13-14H2,1-2H3/b21-12-,25-23?/t17-/m1/s1. The van der Waals surface area contributed by atoms with Crippen molar-refractivity contribution in [3.05, 3.63) is 62.1 Å². The van der Waals surface area contributed by atoms with Gasteiger partial charge in [-0.1, -0.05) is 31.2 Å². The van der Waals surface area contributed by atoms with Crippen molar-refractivity contribution in [2.75, 3.05) is 24.7 Å². The average molecular weight is 552 g/mol. The molecule has 0 saturated carbocycles. The van der Waals surface area contributed by atoms with E-state index in [4.69, 9.17) is 9.84 Å². The third-order valence-corrected chi connectivity index (χ3v) is 6.38. The van der Waals surface area contributed by atoms with E-state index in [1.165, 1.54) is 11.8 Å². The van der Waals surface area contributed by atoms with Crippen LogP contribution < -0.4 is 9.64 Å². The van der Waals surface area contributed by atoms with Crippen LogP contribution in [0, 0.1) is 10.5 Å². The molecule has 164 valence electrons. The number of hydrogen-bond acceptors (Lipinski definition) is 6. The molecular formula is C23H25IN2O4S. The molecule has 0 aliphatic carbocycles. The second-order valence-electron chi connectivity index (χ2n) is 7.04. The molecule has 1 atom stereocenters. The molecule has 0 radical (unpaired) electrons. The number of carbonyl (C=O) groups excluding carboxylic acids is 1. The lowest BCUT2D eigenvalue weighted by molar-refractivity contribution is -0.113. The zero-order valence-electron chi connectivity index (χ0n) is 17.4. The van der Waals surface area contributed by atoms with Crippen molar-refractivity contribution >= 4 is 57.2 Å². The number of benzene rings is 2. The van der Waals surface area contributed by atoms with E-state index in [1.54, 1.807) is 11.0 Å². The van der Waals surface area contributed by atoms with Crippen molar-refractivity contribution in [2.24, 2.45) is 4.99 Å². The molecule has 0 aromatic heterocycles. The van der Waals surface area contributed by atoms with Gasteiger partial charge in [-0.15, -0.1) is 0 Å². The summed E-state index contributed by atoms with van der Waals surface area (Å²) in [7, 11) is 0. The summed E-state index contributed by atoms with van der Waals surface area (Å²) in [6.07, 6.45) is 1.85. The fourth-order valence-corrected chi connectivity index (χ4v) is 4.62. The zero-order valence-corrected chi connectivity index (χ0v) is 20.4. The van der Waals surface area contributed by atoms with E-state index in [1.807, 2.05) is 49.4 Å². The summed E-state index contributed by atoms with van der Waals surface area (Å²) in [5.41, 5.74) is 2.74. The van der Waals surface area contributed by atoms with Crippen molar-refractivity contribution in [1.29, 1.82) is 0 Å². The van der Waals surface area contributed by atoms with Gasteiger partial charge in [-0.25, -0.2) is 0 Å². The summed E-state index contributed by atoms with van der Waals surface area (Å²) in [4.78, 5) is 20.2. The van der Waals surface area contributed by atoms with Crippen molar-refractivity contribution in [3.63, 3.8) is 0 Å². The molecule has 0 spiro atoms. The highest BCUT2D eigenvalue weighted by atomic mass is 127. The van der Waals surface area contributed by atoms with E-state index < -0.39 is 6.10 Å². The molecule has 1 fully saturated rings. The van der Waals surface area contributed by atoms with Gasteiger partial charge >= 0.3 is 0 Å². The first-order valence-corrected chi connectivity index (χ1v) is 11.9. The number of amidine groups is 1. The summed E-state index contributed by atoms with van der Waals surface area (Å²) >= 11 is 3.54. The molecule has 3 rings (SSSR count). The number of aliphatic imine (C=N–C) groups is 1. The van der Waals surface area contributed by atoms with Crippen molar-refractivity contribution in [2.45, 2.75) is 26.4 Å². The minimum Gasteiger partial charge on any atom is -0.490 e. The number of aryl methyl sites for hydroxylation is 1. The number of aliphatic hydroxyl groups excluding tert-OH is 2. The number of anilines is 1. The minimum absolute atomic E-state index is 0.0178. The van der Waals surface area contributed by atoms with Crippen molar-refractivity contribution in [3.8, 4) is 5.75 Å². The van der Waals surface area contributed by atoms with Gasteiger partial charge in [0.1, 0.15) is 18.5 Å². The van der Waals surface area contributed by atoms with Crippen LogP contribution in [0.25, 0.3) is 6.08 Å². The Morgan fingerprint density at radius 2 is 2.06 bits per heavy atom. The number of para-hydroxylation sites is 1. The normalized spacial score (nSPS) is 17.6. The highest BCUT2D eigenvalue weighted by Gasteiger charge is 2.35. The fourth-order valence-electron chi connectivity index (χ4n) is 2.93. The molecule has 1 aliphatic heterocycles. The maximum Gasteiger partial charge on any atom is 0.271 e. The number of amides is 1. The second kappa shape index (κ2) is 11.1. The lowest BCUT2D eigenvalue weighted by Crippen LogP contribution is -2.29. The van der Waals surface area contributed by atoms with Gasteiger partial charge in [-0.3, -0.25) is 14.7 Å². The van der Waals surface area contributed by atoms with Crippen LogP contribution in [-0.4, -0.2) is 47.2 Å². The van der Waals surface area contributed by atoms with Gasteiger partial charge in [-0.05, 0) is 83.1 Å². The molecule has 0 unspecified atom stereocenters. The first-order valence-electron chi connectivity index (χ1n) is 10.00. The molecule has 2 aromatic rings. The number of aliphatic hydroxyl groups is 2. The highest BCUT2D eigenvalue weighted by molar-refractivity contribution is 14.1. The number of carbonyl (C=O) groups is 1. The van der Waals surface area contributed by atoms with Crippen molar-refractivity contribution in [1.82, 2.24) is 0 Å². The van der Waals surface area contributed by atoms with Crippen LogP contribution in [0.1, 0.15) is 24.5 Å². The third kappa shape index (κ3) is 5.88. The molecule has 0 bridgehead atoms. The fraction of sp³-hybridized carbons (Fsp3) is 0.304. The number of thioether (sulfide) groups is 1. The summed E-state index contributed by atoms with van der Waals surface area (Å²) in [5, 5.41) is 19.1. The van der Waals surface area contributed by atoms with Crippen molar-refractivity contribution < 1.29 is 19.7 Å². The van der Waals surface area contributed by atoms with Crippen LogP contribution >= 0.6 is 34.4 Å². The second-order valence-corrected chi connectivity index (χ2v) is 9.21. The van der Waals surface area contributed by atoms with E-state index in [-0.39, 0.29) is 19.1 Å². The summed E-state index contributed by atoms with van der Waals surface area (Å²) in [6, 6.07) is 13.4. The molecule has 1 aliphatic rings. The number of hydrogen-bond donors (Lipinski definition) is 2. The number of halogens is 1. The van der Waals surface area contributed by atoms with Crippen LogP contribution in [-0.2, 0) is 4.79 Å². The third-order valence-electron chi connectivity index (χ3n) is 4.53. The van der Waals surface area contributed by atoms with E-state index in [0.717, 1.165) is 26.8 Å². The van der Waals surface area contributed by atoms with E-state index in [9.17, 15) is 9.90 Å². The Balaban J connectivity index is 1.88. The first kappa shape index (κ1) is 23.8. The molecule has 2 N–H and O–H groups in total. The lowest BCUT2D eigenvalue weighted by Gasteiger charge is -2.18. The number of ether oxygens (including phenoxy) is 1. The highest BCUT2D eigenvalue weighted by Crippen LogP contribution is 2.37. The molecular weight excluding hydrogens is 527 g/mol. The van der Waals surface area contributed by atoms with Gasteiger partial charge in [0.05, 0.1) is 20.8 Å². The molecule has 8 heteroatoms. The van der Waals surface area contributed by atoms with Gasteiger partial charge < -0.3 is 14.9 Å². The van der Waals surface area contributed by atoms with Crippen LogP contribution in [0.2, 0.25) is 0 Å². The van der Waals surface area contributed by atoms with Crippen LogP contribution in [0.5, 0.6) is 5.75 Å². The Kier molecular flexibility index (Phi) is 8.53. The molecule has 1 heterocycles. The number of rotatable bonds is 8. The Morgan fingerprint density at radius 1 is 1.29 bits per heavy atom. The maximum absolute atomic E-state index is 13.3. The largest absolute Gasteiger partial charge is 0.490 e. The summed E-state index contributed by atoms with van der Waals surface area (Å²) < 4.78 is 6.40. The van der Waals surface area contributed by atoms with E-state index >= 15 is 0 Å². The van der Waals surface area contributed by atoms with Crippen LogP contribution in [0.4, 0.5) is 5.69 Å². The monoisotopic (exact) mass is 552 g/mol. The van der Waals surface area contributed by atoms with Gasteiger partial charge in [0.2, 0.25) is 0 Å². The Morgan fingerprint density at radius 3 is 2.74 bits per heavy atom. The SMILES string of the molecule is CCCN=C1S/C(=C\c2ccc(OC[C@H](O)CO)c(I)c2)C(=O)N1c1ccccc1C. The van der Waals surface area contributed by atoms with Gasteiger partial charge in [-0.2, -0.15) is 0 Å². The predicted molar refractivity (Wildman–Crippen MR) is 135 cm³/mol. The quantitative estimate of drug-likeness (QED) is 0.379. The Labute approximate surface area is 200 Å². The minimum atomic E-state index is -0.918. The topological polar surface area (TPSA) is 82.4 Å². The van der Waals surface area contributed by atoms with Crippen LogP contribution in [0.3, 0.4) is 0 Å². The molecule has 1 saturated heterocycles. The predicted octanol–water partition coefficient (Wildman–Crippen LogP) is 4.22. The number of nitrogens with zero attached hydrogens (tertiary/aromatic N) is 2. The van der Waals surface area contributed by atoms with Gasteiger partial charge in [0, 0.05) is 6.54 Å². The summed E-state index contributed by atoms with van der Waals surface area (Å²) in [6.45, 7) is 4.38. The Bertz CT molecular complexity index is 1010. The molecule has 31 heavy (non-hydrogen) atoms. The van der Waals surface area contributed by atoms with Gasteiger partial charge in [0.15, 0.2) is 5.17 Å².